The first-order chi connectivity index (χ1) is 38.5. The first-order valence-corrected chi connectivity index (χ1v) is 31.0. The molecule has 1 radical (unpaired) electrons. The number of halogens is 1. The van der Waals surface area contributed by atoms with Gasteiger partial charge in [0, 0.05) is 46.7 Å². The van der Waals surface area contributed by atoms with Crippen molar-refractivity contribution in [1.29, 1.82) is 0 Å². The Bertz CT molecular complexity index is 3790. The number of sulfonamides is 4. The van der Waals surface area contributed by atoms with Gasteiger partial charge in [-0.25, -0.2) is 76.5 Å². The van der Waals surface area contributed by atoms with Gasteiger partial charge in [0.15, 0.2) is 0 Å². The third-order valence-electron chi connectivity index (χ3n) is 9.18. The SMILES string of the molecule is COC(=O)c1ccc(CNS(C)(=O)=O)cc1S(=O)(=O)NC(=O)Nc1nc(OC)cc(OC)n1.COC(=O)c1ccc(I)cc1S(=O)(=O)NC(=O)Nc1nc(C)nc(OC)n1.COc1cc(OC)nc(NC(=O)NS(=O)(=O)N(C)S(C)(=O)=O)n1.[Na]. The number of aromatic nitrogens is 7. The van der Waals surface area contributed by atoms with Gasteiger partial charge in [-0.15, -0.1) is 0 Å². The summed E-state index contributed by atoms with van der Waals surface area (Å²) in [5.41, 5.74) is -0.383. The van der Waals surface area contributed by atoms with Crippen LogP contribution in [0, 0.1) is 10.5 Å². The molecule has 0 bridgehead atoms. The fourth-order valence-electron chi connectivity index (χ4n) is 5.43. The van der Waals surface area contributed by atoms with Crippen molar-refractivity contribution in [3.8, 4) is 29.5 Å². The summed E-state index contributed by atoms with van der Waals surface area (Å²) in [5, 5.41) is 6.31. The number of carbonyl (C=O) groups excluding carboxylic acids is 5. The van der Waals surface area contributed by atoms with E-state index in [-0.39, 0.29) is 110 Å². The molecule has 3 heterocycles. The Labute approximate surface area is 515 Å². The van der Waals surface area contributed by atoms with Gasteiger partial charge in [-0.1, -0.05) is 9.78 Å². The molecule has 0 aliphatic carbocycles. The summed E-state index contributed by atoms with van der Waals surface area (Å²) in [5.74, 6) is -2.23. The molecule has 455 valence electrons. The third kappa shape index (κ3) is 22.7. The average molecular weight is 1400 g/mol. The van der Waals surface area contributed by atoms with E-state index >= 15 is 0 Å². The smallest absolute Gasteiger partial charge is 0.339 e. The second-order valence-electron chi connectivity index (χ2n) is 15.1. The molecule has 2 aromatic carbocycles. The largest absolute Gasteiger partial charge is 0.481 e. The molecule has 44 heteroatoms. The molecule has 0 saturated heterocycles. The minimum atomic E-state index is -4.63. The number of carbonyl (C=O) groups is 5. The summed E-state index contributed by atoms with van der Waals surface area (Å²) in [6, 6.07) is 6.53. The maximum absolute atomic E-state index is 12.9. The normalized spacial score (nSPS) is 11.2. The van der Waals surface area contributed by atoms with Gasteiger partial charge in [-0.2, -0.15) is 43.3 Å². The molecular formula is C40H50IN15NaO22S5. The standard InChI is InChI=1S/C17H21N5O9S2.C14H14IN5O6S.C9H15N5O7S2.Na/c1-29-13-8-14(30-2)20-16(19-13)21-17(24)22-33(27,28)12-7-10(9-18-32(4,25)26)5-6-11(12)15(23)31-3;1-7-16-12(19-14(17-7)26-3)18-13(22)20-27(23,24)10-6-8(15)4-5-9(10)11(21)25-2;1-14(22(4,16)17)23(18,19)13-9(15)12-8-10-6(20-2)5-7(11-8)21-3;/h5-8,18H,9H2,1-4H3,(H2,19,20,21,22,24);4-6H,1-3H3,(H2,16,17,18,19,20,22);5H,1-4H3,(H2,10,11,12,13,15);. The molecule has 7 N–H and O–H groups in total. The number of hydrogen-bond acceptors (Lipinski definition) is 29. The number of rotatable bonds is 20. The quantitative estimate of drug-likeness (QED) is 0.0288. The van der Waals surface area contributed by atoms with E-state index in [1.54, 1.807) is 16.4 Å². The number of aryl methyl sites for hydroxylation is 1. The van der Waals surface area contributed by atoms with E-state index in [9.17, 15) is 66.1 Å². The summed E-state index contributed by atoms with van der Waals surface area (Å²) in [6.07, 6.45) is 1.59. The molecule has 0 saturated carbocycles. The van der Waals surface area contributed by atoms with Crippen LogP contribution in [-0.4, -0.2) is 210 Å². The second-order valence-corrected chi connectivity index (χ2v) is 25.4. The van der Waals surface area contributed by atoms with Crippen LogP contribution < -0.4 is 58.5 Å². The number of ether oxygens (including phenoxy) is 7. The van der Waals surface area contributed by atoms with Crippen LogP contribution in [0.15, 0.2) is 58.3 Å². The zero-order chi connectivity index (χ0) is 62.8. The van der Waals surface area contributed by atoms with Crippen LogP contribution in [0.4, 0.5) is 32.2 Å². The van der Waals surface area contributed by atoms with E-state index < -0.39 is 90.1 Å². The number of esters is 2. The summed E-state index contributed by atoms with van der Waals surface area (Å²) in [7, 11) is -11.7. The number of urea groups is 3. The minimum Gasteiger partial charge on any atom is -0.481 e. The Morgan fingerprint density at radius 1 is 0.524 bits per heavy atom. The summed E-state index contributed by atoms with van der Waals surface area (Å²) < 4.78 is 161. The van der Waals surface area contributed by atoms with Gasteiger partial charge in [0.2, 0.25) is 61.4 Å². The van der Waals surface area contributed by atoms with Gasteiger partial charge in [-0.05, 0) is 65.4 Å². The fraction of sp³-hybridized carbons (Fsp3) is 0.300. The van der Waals surface area contributed by atoms with Crippen LogP contribution in [-0.2, 0) is 66.3 Å². The van der Waals surface area contributed by atoms with E-state index in [4.69, 9.17) is 23.7 Å². The number of hydrogen-bond donors (Lipinski definition) is 7. The monoisotopic (exact) mass is 1400 g/mol. The molecule has 5 aromatic rings. The molecule has 37 nitrogen and oxygen atoms in total. The molecule has 0 spiro atoms. The van der Waals surface area contributed by atoms with Crippen molar-refractivity contribution < 1.29 is 99.2 Å². The maximum atomic E-state index is 12.9. The Morgan fingerprint density at radius 3 is 1.30 bits per heavy atom. The Hall–Kier alpha value is -7.24. The molecule has 0 aliphatic rings. The van der Waals surface area contributed by atoms with Gasteiger partial charge in [0.05, 0.1) is 85.5 Å². The first-order valence-electron chi connectivity index (χ1n) is 21.7. The van der Waals surface area contributed by atoms with Crippen molar-refractivity contribution in [3.63, 3.8) is 0 Å². The molecule has 3 aromatic heterocycles. The van der Waals surface area contributed by atoms with Crippen molar-refractivity contribution in [3.05, 3.63) is 74.6 Å². The molecule has 5 rings (SSSR count). The van der Waals surface area contributed by atoms with E-state index in [1.165, 1.54) is 76.7 Å². The Balaban J connectivity index is 0.000000435. The van der Waals surface area contributed by atoms with Gasteiger partial charge in [0.25, 0.3) is 20.0 Å². The topological polar surface area (TPSA) is 498 Å². The molecule has 0 fully saturated rings. The average Bonchev–Trinajstić information content (AvgIpc) is 2.84. The van der Waals surface area contributed by atoms with Crippen molar-refractivity contribution in [2.75, 3.05) is 85.3 Å². The first kappa shape index (κ1) is 72.9. The van der Waals surface area contributed by atoms with E-state index in [1.807, 2.05) is 27.9 Å². The van der Waals surface area contributed by atoms with Crippen LogP contribution in [0.3, 0.4) is 0 Å². The maximum Gasteiger partial charge on any atom is 0.339 e. The fourth-order valence-corrected chi connectivity index (χ4v) is 10.8. The van der Waals surface area contributed by atoms with E-state index in [0.717, 1.165) is 39.7 Å². The number of nitrogens with zero attached hydrogens (tertiary/aromatic N) is 8. The number of amides is 6. The Kier molecular flexibility index (Phi) is 27.4. The molecule has 0 aliphatic heterocycles. The molecule has 0 unspecified atom stereocenters. The van der Waals surface area contributed by atoms with E-state index in [2.05, 4.69) is 59.7 Å². The van der Waals surface area contributed by atoms with Crippen molar-refractivity contribution in [1.82, 2.24) is 57.5 Å². The zero-order valence-electron chi connectivity index (χ0n) is 45.8. The minimum absolute atomic E-state index is 0. The van der Waals surface area contributed by atoms with Crippen LogP contribution >= 0.6 is 22.6 Å². The number of anilines is 3. The van der Waals surface area contributed by atoms with Crippen LogP contribution in [0.2, 0.25) is 0 Å². The van der Waals surface area contributed by atoms with Crippen LogP contribution in [0.25, 0.3) is 0 Å². The summed E-state index contributed by atoms with van der Waals surface area (Å²) in [4.78, 5) is 85.6. The summed E-state index contributed by atoms with van der Waals surface area (Å²) >= 11 is 1.88. The summed E-state index contributed by atoms with van der Waals surface area (Å²) in [6.45, 7) is 1.28. The van der Waals surface area contributed by atoms with Crippen LogP contribution in [0.5, 0.6) is 29.5 Å². The third-order valence-corrected chi connectivity index (χ3v) is 16.7. The Morgan fingerprint density at radius 2 is 0.917 bits per heavy atom. The van der Waals surface area contributed by atoms with Crippen LogP contribution in [0.1, 0.15) is 32.1 Å². The zero-order valence-corrected chi connectivity index (χ0v) is 54.0. The molecule has 6 amide bonds. The molecular weight excluding hydrogens is 1350 g/mol. The van der Waals surface area contributed by atoms with Gasteiger partial charge < -0.3 is 33.2 Å². The van der Waals surface area contributed by atoms with E-state index in [0.29, 0.717) is 9.83 Å². The number of methoxy groups -OCH3 is 7. The van der Waals surface area contributed by atoms with Gasteiger partial charge >= 0.3 is 46.3 Å². The molecule has 0 atom stereocenters. The van der Waals surface area contributed by atoms with Crippen molar-refractivity contribution >= 4 is 150 Å². The molecule has 84 heavy (non-hydrogen) atoms. The number of nitrogens with one attached hydrogen (secondary N) is 7. The van der Waals surface area contributed by atoms with Gasteiger partial charge in [-0.3, -0.25) is 16.0 Å². The van der Waals surface area contributed by atoms with Crippen molar-refractivity contribution in [2.45, 2.75) is 23.3 Å². The van der Waals surface area contributed by atoms with Gasteiger partial charge in [0.1, 0.15) is 15.6 Å². The van der Waals surface area contributed by atoms with Crippen molar-refractivity contribution in [2.24, 2.45) is 0 Å². The second kappa shape index (κ2) is 31.6. The number of benzene rings is 2. The predicted molar refractivity (Wildman–Crippen MR) is 299 cm³/mol. The predicted octanol–water partition coefficient (Wildman–Crippen LogP) is -0.699.